The van der Waals surface area contributed by atoms with Gasteiger partial charge in [0, 0.05) is 28.5 Å². The third-order valence-corrected chi connectivity index (χ3v) is 5.87. The zero-order valence-electron chi connectivity index (χ0n) is 16.3. The zero-order valence-corrected chi connectivity index (χ0v) is 17.0. The van der Waals surface area contributed by atoms with Crippen molar-refractivity contribution < 1.29 is 14.6 Å². The van der Waals surface area contributed by atoms with E-state index in [4.69, 9.17) is 21.6 Å². The summed E-state index contributed by atoms with van der Waals surface area (Å²) in [7, 11) is 0. The highest BCUT2D eigenvalue weighted by Gasteiger charge is 2.64. The molecule has 1 aliphatic carbocycles. The van der Waals surface area contributed by atoms with Crippen LogP contribution in [-0.2, 0) is 0 Å². The lowest BCUT2D eigenvalue weighted by molar-refractivity contribution is -0.164. The molecule has 1 fully saturated rings. The highest BCUT2D eigenvalue weighted by molar-refractivity contribution is 6.31. The van der Waals surface area contributed by atoms with Crippen LogP contribution in [0.25, 0.3) is 0 Å². The smallest absolute Gasteiger partial charge is 0.251 e. The molecule has 3 rings (SSSR count). The minimum Gasteiger partial charge on any atom is -0.508 e. The number of nitriles is 1. The van der Waals surface area contributed by atoms with E-state index < -0.39 is 0 Å². The molecular weight excluding hydrogens is 376 g/mol. The lowest BCUT2D eigenvalue weighted by Gasteiger charge is -2.63. The minimum atomic E-state index is -0.323. The molecule has 146 valence electrons. The Kier molecular flexibility index (Phi) is 5.03. The van der Waals surface area contributed by atoms with Crippen LogP contribution < -0.4 is 10.1 Å². The molecule has 0 aliphatic heterocycles. The van der Waals surface area contributed by atoms with Gasteiger partial charge in [0.1, 0.15) is 23.7 Å². The lowest BCUT2D eigenvalue weighted by Crippen LogP contribution is -2.74. The van der Waals surface area contributed by atoms with E-state index in [-0.39, 0.29) is 34.6 Å². The molecule has 1 amide bonds. The first-order valence-electron chi connectivity index (χ1n) is 9.03. The van der Waals surface area contributed by atoms with Gasteiger partial charge < -0.3 is 15.2 Å². The molecule has 6 heteroatoms. The fourth-order valence-electron chi connectivity index (χ4n) is 4.42. The molecule has 2 N–H and O–H groups in total. The lowest BCUT2D eigenvalue weighted by atomic mass is 9.49. The van der Waals surface area contributed by atoms with Gasteiger partial charge in [-0.1, -0.05) is 39.3 Å². The van der Waals surface area contributed by atoms with Crippen LogP contribution >= 0.6 is 11.6 Å². The summed E-state index contributed by atoms with van der Waals surface area (Å²) in [6, 6.07) is 13.1. The molecule has 2 aromatic carbocycles. The van der Waals surface area contributed by atoms with Gasteiger partial charge in [0.15, 0.2) is 0 Å². The summed E-state index contributed by atoms with van der Waals surface area (Å²) < 4.78 is 6.22. The van der Waals surface area contributed by atoms with Crippen LogP contribution in [0.1, 0.15) is 43.6 Å². The van der Waals surface area contributed by atoms with E-state index in [2.05, 4.69) is 33.0 Å². The molecule has 5 nitrogen and oxygen atoms in total. The van der Waals surface area contributed by atoms with E-state index >= 15 is 0 Å². The normalized spacial score (nSPS) is 21.9. The van der Waals surface area contributed by atoms with Gasteiger partial charge in [-0.2, -0.15) is 5.26 Å². The second-order valence-corrected chi connectivity index (χ2v) is 8.75. The van der Waals surface area contributed by atoms with Crippen molar-refractivity contribution in [2.24, 2.45) is 10.8 Å². The molecule has 28 heavy (non-hydrogen) atoms. The van der Waals surface area contributed by atoms with Crippen molar-refractivity contribution in [1.82, 2.24) is 5.32 Å². The van der Waals surface area contributed by atoms with Gasteiger partial charge in [-0.15, -0.1) is 0 Å². The maximum atomic E-state index is 12.6. The molecular formula is C22H23ClN2O3. The number of benzene rings is 2. The summed E-state index contributed by atoms with van der Waals surface area (Å²) in [6.45, 7) is 8.21. The van der Waals surface area contributed by atoms with Crippen LogP contribution in [0.4, 0.5) is 0 Å². The van der Waals surface area contributed by atoms with Crippen LogP contribution in [0.3, 0.4) is 0 Å². The Balaban J connectivity index is 1.76. The highest BCUT2D eigenvalue weighted by atomic mass is 35.5. The number of hydrogen-bond acceptors (Lipinski definition) is 4. The van der Waals surface area contributed by atoms with Crippen molar-refractivity contribution in [3.8, 4) is 17.6 Å². The largest absolute Gasteiger partial charge is 0.508 e. The number of amides is 1. The van der Waals surface area contributed by atoms with Gasteiger partial charge >= 0.3 is 0 Å². The third-order valence-electron chi connectivity index (χ3n) is 5.56. The minimum absolute atomic E-state index is 0.111. The second kappa shape index (κ2) is 7.03. The van der Waals surface area contributed by atoms with Crippen LogP contribution in [0.15, 0.2) is 42.5 Å². The number of hydrogen-bond donors (Lipinski definition) is 2. The maximum Gasteiger partial charge on any atom is 0.251 e. The predicted octanol–water partition coefficient (Wildman–Crippen LogP) is 4.53. The average Bonchev–Trinajstić information content (AvgIpc) is 2.64. The van der Waals surface area contributed by atoms with Crippen LogP contribution in [0.5, 0.6) is 11.5 Å². The summed E-state index contributed by atoms with van der Waals surface area (Å²) in [4.78, 5) is 12.6. The summed E-state index contributed by atoms with van der Waals surface area (Å²) in [5.41, 5.74) is 0.250. The van der Waals surface area contributed by atoms with Gasteiger partial charge in [0.25, 0.3) is 5.91 Å². The van der Waals surface area contributed by atoms with Crippen LogP contribution in [0.2, 0.25) is 5.02 Å². The van der Waals surface area contributed by atoms with Crippen molar-refractivity contribution in [3.63, 3.8) is 0 Å². The summed E-state index contributed by atoms with van der Waals surface area (Å²) >= 11 is 6.12. The number of halogens is 1. The number of nitrogens with one attached hydrogen (secondary N) is 1. The van der Waals surface area contributed by atoms with Crippen molar-refractivity contribution in [2.75, 3.05) is 0 Å². The zero-order chi connectivity index (χ0) is 20.7. The van der Waals surface area contributed by atoms with Crippen LogP contribution in [-0.4, -0.2) is 23.2 Å². The standard InChI is InChI=1S/C22H23ClN2O3/c1-21(2)19(25-18(27)13-5-8-15(26)9-6-13)22(3,4)20(21)28-16-10-7-14(12-24)17(23)11-16/h5-11,19-20,26H,1-4H3,(H,25,27). The molecule has 0 saturated heterocycles. The monoisotopic (exact) mass is 398 g/mol. The number of rotatable bonds is 4. The van der Waals surface area contributed by atoms with Gasteiger partial charge in [-0.25, -0.2) is 0 Å². The fraction of sp³-hybridized carbons (Fsp3) is 0.364. The molecule has 0 unspecified atom stereocenters. The Labute approximate surface area is 169 Å². The van der Waals surface area contributed by atoms with E-state index in [0.29, 0.717) is 21.9 Å². The quantitative estimate of drug-likeness (QED) is 0.792. The number of aromatic hydroxyl groups is 1. The van der Waals surface area contributed by atoms with E-state index in [9.17, 15) is 9.90 Å². The number of ether oxygens (including phenoxy) is 1. The number of phenolic OH excluding ortho intramolecular Hbond substituents is 1. The Morgan fingerprint density at radius 3 is 2.29 bits per heavy atom. The summed E-state index contributed by atoms with van der Waals surface area (Å²) in [5, 5.41) is 21.9. The van der Waals surface area contributed by atoms with Crippen molar-refractivity contribution in [1.29, 1.82) is 5.26 Å². The Bertz CT molecular complexity index is 929. The van der Waals surface area contributed by atoms with Crippen molar-refractivity contribution >= 4 is 17.5 Å². The topological polar surface area (TPSA) is 82.3 Å². The molecule has 0 bridgehead atoms. The summed E-state index contributed by atoms with van der Waals surface area (Å²) in [6.07, 6.45) is -0.158. The maximum absolute atomic E-state index is 12.6. The molecule has 2 aromatic rings. The first kappa shape index (κ1) is 20.0. The average molecular weight is 399 g/mol. The number of nitrogens with zero attached hydrogens (tertiary/aromatic N) is 1. The van der Waals surface area contributed by atoms with Crippen molar-refractivity contribution in [2.45, 2.75) is 39.8 Å². The number of carbonyl (C=O) groups is 1. The predicted molar refractivity (Wildman–Crippen MR) is 108 cm³/mol. The third kappa shape index (κ3) is 3.41. The first-order valence-corrected chi connectivity index (χ1v) is 9.41. The van der Waals surface area contributed by atoms with Crippen LogP contribution in [0, 0.1) is 22.2 Å². The molecule has 0 aromatic heterocycles. The molecule has 0 atom stereocenters. The number of carbonyl (C=O) groups excluding carboxylic acids is 1. The molecule has 1 aliphatic rings. The van der Waals surface area contributed by atoms with E-state index in [1.165, 1.54) is 12.1 Å². The molecule has 0 heterocycles. The Morgan fingerprint density at radius 1 is 1.14 bits per heavy atom. The second-order valence-electron chi connectivity index (χ2n) is 8.35. The van der Waals surface area contributed by atoms with E-state index in [0.717, 1.165) is 0 Å². The van der Waals surface area contributed by atoms with Gasteiger partial charge in [0.2, 0.25) is 0 Å². The van der Waals surface area contributed by atoms with Gasteiger partial charge in [-0.05, 0) is 36.4 Å². The fourth-order valence-corrected chi connectivity index (χ4v) is 4.64. The highest BCUT2D eigenvalue weighted by Crippen LogP contribution is 2.55. The molecule has 0 spiro atoms. The molecule has 1 saturated carbocycles. The molecule has 0 radical (unpaired) electrons. The van der Waals surface area contributed by atoms with E-state index in [1.807, 2.05) is 6.07 Å². The van der Waals surface area contributed by atoms with E-state index in [1.54, 1.807) is 30.3 Å². The Hall–Kier alpha value is -2.71. The summed E-state index contributed by atoms with van der Waals surface area (Å²) in [5.74, 6) is 0.528. The SMILES string of the molecule is CC1(C)C(NC(=O)c2ccc(O)cc2)C(C)(C)C1Oc1ccc(C#N)c(Cl)c1. The van der Waals surface area contributed by atoms with Gasteiger partial charge in [0.05, 0.1) is 10.6 Å². The first-order chi connectivity index (χ1) is 13.1. The Morgan fingerprint density at radius 2 is 1.75 bits per heavy atom. The number of phenols is 1. The van der Waals surface area contributed by atoms with Crippen molar-refractivity contribution in [3.05, 3.63) is 58.6 Å². The van der Waals surface area contributed by atoms with Gasteiger partial charge in [-0.3, -0.25) is 4.79 Å².